The van der Waals surface area contributed by atoms with Gasteiger partial charge in [0, 0.05) is 12.2 Å². The molecule has 2 aromatic carbocycles. The van der Waals surface area contributed by atoms with Crippen molar-refractivity contribution in [3.8, 4) is 0 Å². The lowest BCUT2D eigenvalue weighted by Crippen LogP contribution is -2.37. The number of carbonyl (C=O) groups excluding carboxylic acids is 1. The Labute approximate surface area is 170 Å². The van der Waals surface area contributed by atoms with Crippen molar-refractivity contribution in [1.29, 1.82) is 0 Å². The van der Waals surface area contributed by atoms with Gasteiger partial charge in [0.05, 0.1) is 38.6 Å². The van der Waals surface area contributed by atoms with Gasteiger partial charge in [-0.05, 0) is 49.6 Å². The van der Waals surface area contributed by atoms with E-state index in [4.69, 9.17) is 9.72 Å². The van der Waals surface area contributed by atoms with Crippen LogP contribution in [0.1, 0.15) is 28.8 Å². The van der Waals surface area contributed by atoms with Gasteiger partial charge in [0.2, 0.25) is 0 Å². The summed E-state index contributed by atoms with van der Waals surface area (Å²) in [6.45, 7) is 3.34. The molecule has 0 bridgehead atoms. The number of hydrogen-bond acceptors (Lipinski definition) is 6. The van der Waals surface area contributed by atoms with Crippen LogP contribution in [0, 0.1) is 6.92 Å². The number of amides is 1. The molecule has 7 heteroatoms. The van der Waals surface area contributed by atoms with E-state index in [1.807, 2.05) is 24.3 Å². The second-order valence-electron chi connectivity index (χ2n) is 7.00. The van der Waals surface area contributed by atoms with E-state index < -0.39 is 0 Å². The summed E-state index contributed by atoms with van der Waals surface area (Å²) >= 11 is 3.11. The zero-order chi connectivity index (χ0) is 19.1. The molecule has 0 spiro atoms. The molecule has 142 valence electrons. The van der Waals surface area contributed by atoms with Gasteiger partial charge in [-0.1, -0.05) is 23.5 Å². The Morgan fingerprint density at radius 3 is 3.04 bits per heavy atom. The fourth-order valence-corrected chi connectivity index (χ4v) is 5.34. The molecule has 2 aromatic heterocycles. The molecular weight excluding hydrogens is 390 g/mol. The SMILES string of the molecule is Cc1cccc2sc(N(CC3CCCO3)C(=O)c3ccc4ncsc4c3)nc12. The summed E-state index contributed by atoms with van der Waals surface area (Å²) in [5.74, 6) is -0.0393. The molecule has 3 heterocycles. The number of fused-ring (bicyclic) bond motifs is 2. The Morgan fingerprint density at radius 1 is 1.29 bits per heavy atom. The lowest BCUT2D eigenvalue weighted by Gasteiger charge is -2.23. The molecule has 0 radical (unpaired) electrons. The Bertz CT molecular complexity index is 1160. The van der Waals surface area contributed by atoms with Crippen LogP contribution in [-0.4, -0.2) is 35.1 Å². The molecule has 0 aliphatic carbocycles. The molecule has 5 rings (SSSR count). The number of anilines is 1. The molecule has 1 fully saturated rings. The van der Waals surface area contributed by atoms with Crippen LogP contribution in [0.5, 0.6) is 0 Å². The third-order valence-electron chi connectivity index (χ3n) is 5.07. The number of rotatable bonds is 4. The predicted octanol–water partition coefficient (Wildman–Crippen LogP) is 5.04. The highest BCUT2D eigenvalue weighted by Crippen LogP contribution is 2.32. The van der Waals surface area contributed by atoms with Gasteiger partial charge < -0.3 is 4.74 Å². The lowest BCUT2D eigenvalue weighted by molar-refractivity contribution is 0.0917. The van der Waals surface area contributed by atoms with E-state index in [0.29, 0.717) is 12.1 Å². The summed E-state index contributed by atoms with van der Waals surface area (Å²) in [4.78, 5) is 24.4. The average Bonchev–Trinajstić information content (AvgIpc) is 3.45. The van der Waals surface area contributed by atoms with E-state index in [1.54, 1.807) is 33.1 Å². The minimum Gasteiger partial charge on any atom is -0.376 e. The van der Waals surface area contributed by atoms with Crippen molar-refractivity contribution in [2.45, 2.75) is 25.9 Å². The standard InChI is InChI=1S/C21H19N3O2S2/c1-13-4-2-6-17-19(13)23-21(28-17)24(11-15-5-3-9-26-15)20(25)14-7-8-16-18(10-14)27-12-22-16/h2,4,6-8,10,12,15H,3,5,9,11H2,1H3. The zero-order valence-electron chi connectivity index (χ0n) is 15.4. The van der Waals surface area contributed by atoms with Gasteiger partial charge in [0.25, 0.3) is 5.91 Å². The Balaban J connectivity index is 1.55. The number of ether oxygens (including phenoxy) is 1. The maximum Gasteiger partial charge on any atom is 0.260 e. The second kappa shape index (κ2) is 7.24. The van der Waals surface area contributed by atoms with E-state index >= 15 is 0 Å². The minimum absolute atomic E-state index is 0.0393. The first kappa shape index (κ1) is 17.7. The summed E-state index contributed by atoms with van der Waals surface area (Å²) in [7, 11) is 0. The van der Waals surface area contributed by atoms with Crippen molar-refractivity contribution in [2.75, 3.05) is 18.1 Å². The molecule has 1 amide bonds. The number of thiazole rings is 2. The van der Waals surface area contributed by atoms with Gasteiger partial charge in [-0.15, -0.1) is 11.3 Å². The van der Waals surface area contributed by atoms with E-state index in [0.717, 1.165) is 50.6 Å². The summed E-state index contributed by atoms with van der Waals surface area (Å²) in [5, 5.41) is 0.731. The fourth-order valence-electron chi connectivity index (χ4n) is 3.57. The second-order valence-corrected chi connectivity index (χ2v) is 8.90. The van der Waals surface area contributed by atoms with E-state index in [2.05, 4.69) is 24.0 Å². The lowest BCUT2D eigenvalue weighted by atomic mass is 10.1. The van der Waals surface area contributed by atoms with Crippen LogP contribution in [0.25, 0.3) is 20.4 Å². The highest BCUT2D eigenvalue weighted by atomic mass is 32.1. The maximum absolute atomic E-state index is 13.5. The first-order chi connectivity index (χ1) is 13.7. The number of aryl methyl sites for hydroxylation is 1. The summed E-state index contributed by atoms with van der Waals surface area (Å²) in [5.41, 5.74) is 5.47. The molecular formula is C21H19N3O2S2. The highest BCUT2D eigenvalue weighted by molar-refractivity contribution is 7.22. The number of nitrogens with zero attached hydrogens (tertiary/aromatic N) is 3. The van der Waals surface area contributed by atoms with Crippen LogP contribution >= 0.6 is 22.7 Å². The number of para-hydroxylation sites is 1. The van der Waals surface area contributed by atoms with E-state index in [-0.39, 0.29) is 12.0 Å². The molecule has 0 saturated carbocycles. The van der Waals surface area contributed by atoms with Gasteiger partial charge in [-0.25, -0.2) is 9.97 Å². The van der Waals surface area contributed by atoms with Crippen molar-refractivity contribution in [3.05, 3.63) is 53.0 Å². The number of carbonyl (C=O) groups is 1. The minimum atomic E-state index is -0.0393. The number of aromatic nitrogens is 2. The smallest absolute Gasteiger partial charge is 0.260 e. The van der Waals surface area contributed by atoms with Gasteiger partial charge in [0.1, 0.15) is 0 Å². The first-order valence-corrected chi connectivity index (χ1v) is 11.0. The predicted molar refractivity (Wildman–Crippen MR) is 115 cm³/mol. The van der Waals surface area contributed by atoms with Crippen molar-refractivity contribution in [3.63, 3.8) is 0 Å². The van der Waals surface area contributed by atoms with Crippen LogP contribution in [0.15, 0.2) is 41.9 Å². The largest absolute Gasteiger partial charge is 0.376 e. The van der Waals surface area contributed by atoms with Crippen LogP contribution in [0.4, 0.5) is 5.13 Å². The first-order valence-electron chi connectivity index (χ1n) is 9.32. The van der Waals surface area contributed by atoms with Crippen LogP contribution in [0.3, 0.4) is 0 Å². The average molecular weight is 410 g/mol. The third-order valence-corrected chi connectivity index (χ3v) is 6.91. The van der Waals surface area contributed by atoms with Crippen molar-refractivity contribution < 1.29 is 9.53 Å². The highest BCUT2D eigenvalue weighted by Gasteiger charge is 2.27. The summed E-state index contributed by atoms with van der Waals surface area (Å²) < 4.78 is 7.93. The Hall–Kier alpha value is -2.35. The van der Waals surface area contributed by atoms with Gasteiger partial charge in [-0.3, -0.25) is 9.69 Å². The number of benzene rings is 2. The molecule has 1 atom stereocenters. The van der Waals surface area contributed by atoms with Crippen molar-refractivity contribution in [1.82, 2.24) is 9.97 Å². The molecule has 1 saturated heterocycles. The molecule has 0 N–H and O–H groups in total. The summed E-state index contributed by atoms with van der Waals surface area (Å²) in [6, 6.07) is 11.8. The van der Waals surface area contributed by atoms with Gasteiger partial charge in [0.15, 0.2) is 5.13 Å². The normalized spacial score (nSPS) is 16.8. The molecule has 28 heavy (non-hydrogen) atoms. The maximum atomic E-state index is 13.5. The Kier molecular flexibility index (Phi) is 4.58. The van der Waals surface area contributed by atoms with E-state index in [1.165, 1.54) is 0 Å². The summed E-state index contributed by atoms with van der Waals surface area (Å²) in [6.07, 6.45) is 2.07. The molecule has 1 unspecified atom stereocenters. The number of hydrogen-bond donors (Lipinski definition) is 0. The quantitative estimate of drug-likeness (QED) is 0.474. The van der Waals surface area contributed by atoms with Crippen LogP contribution in [0.2, 0.25) is 0 Å². The van der Waals surface area contributed by atoms with Crippen LogP contribution < -0.4 is 4.90 Å². The molecule has 1 aliphatic rings. The molecule has 1 aliphatic heterocycles. The zero-order valence-corrected chi connectivity index (χ0v) is 17.1. The molecule has 4 aromatic rings. The third kappa shape index (κ3) is 3.19. The molecule has 5 nitrogen and oxygen atoms in total. The van der Waals surface area contributed by atoms with Gasteiger partial charge >= 0.3 is 0 Å². The monoisotopic (exact) mass is 409 g/mol. The van der Waals surface area contributed by atoms with E-state index in [9.17, 15) is 4.79 Å². The Morgan fingerprint density at radius 2 is 2.21 bits per heavy atom. The van der Waals surface area contributed by atoms with Crippen molar-refractivity contribution >= 4 is 54.1 Å². The van der Waals surface area contributed by atoms with Crippen molar-refractivity contribution in [2.24, 2.45) is 0 Å². The topological polar surface area (TPSA) is 55.3 Å². The van der Waals surface area contributed by atoms with Gasteiger partial charge in [-0.2, -0.15) is 0 Å². The van der Waals surface area contributed by atoms with Crippen LogP contribution in [-0.2, 0) is 4.74 Å². The fraction of sp³-hybridized carbons (Fsp3) is 0.286.